The molecule has 0 unspecified atom stereocenters. The Labute approximate surface area is 843 Å². The van der Waals surface area contributed by atoms with Gasteiger partial charge < -0.3 is 36.4 Å². The predicted molar refractivity (Wildman–Crippen MR) is 539 cm³/mol. The molecule has 3 amide bonds. The summed E-state index contributed by atoms with van der Waals surface area (Å²) < 4.78 is 0. The third kappa shape index (κ3) is 19.5. The molecular formula is C115H171N15O12. The van der Waals surface area contributed by atoms with E-state index in [1.807, 2.05) is 71.9 Å². The van der Waals surface area contributed by atoms with Gasteiger partial charge in [-0.3, -0.25) is 38.4 Å². The van der Waals surface area contributed by atoms with Crippen molar-refractivity contribution in [1.29, 1.82) is 0 Å². The van der Waals surface area contributed by atoms with Crippen LogP contribution in [0.25, 0.3) is 0 Å². The highest BCUT2D eigenvalue weighted by atomic mass is 16.3. The molecule has 142 heavy (non-hydrogen) atoms. The number of aromatic nitrogens is 12. The fourth-order valence-electron chi connectivity index (χ4n) is 36.7. The summed E-state index contributed by atoms with van der Waals surface area (Å²) in [4.78, 5) is 109. The predicted octanol–water partition coefficient (Wildman–Crippen LogP) is 18.2. The molecule has 22 rings (SSSR count). The zero-order valence-electron chi connectivity index (χ0n) is 88.3. The smallest absolute Gasteiger partial charge is 0.273 e. The summed E-state index contributed by atoms with van der Waals surface area (Å²) in [7, 11) is 0. The number of hydrogen-bond acceptors (Lipinski definition) is 20. The van der Waals surface area contributed by atoms with E-state index in [1.54, 1.807) is 0 Å². The van der Waals surface area contributed by atoms with E-state index in [1.165, 1.54) is 121 Å². The SMILES string of the molecule is CCCNC(=O)c1cnn(CC(=O)[C@H]2CC[C@H]3[C@@H]4CC[C@@H]5C[C@](C)(O)CC[C@]5(C)[C@H]4CC[C@]23C)n1.CCNC(=O)c1cnn(CC(=O)[C@H]2CC[C@H]3[C@@H]4CC[C@@H]5C[C@](C)(O)CC[C@]5(C)[C@H]4CC[C@]23C)n1.C[C@@]1(O)CC[C@@]2(C)[C@H](CC[C@@H]3[C@@H]2CC[C@]2(C)[C@@H](C(=O)Cn4ncc(C(=O)Cc5ccccc5)n4)CC[C@@H]32)C1.C[C@@]1(O)CC[C@@]2(C)[C@H](CC[C@@H]3[C@@H]2CC[C@]2(C)[C@@H](C(=O)Cn4ncc(C(=O)NC5CC5)n4)CC[C@@H]32)C1. The first-order chi connectivity index (χ1) is 67.3. The van der Waals surface area contributed by atoms with Crippen LogP contribution >= 0.6 is 0 Å². The van der Waals surface area contributed by atoms with Crippen LogP contribution in [-0.2, 0) is 51.8 Å². The monoisotopic (exact) mass is 1950 g/mol. The van der Waals surface area contributed by atoms with Gasteiger partial charge in [-0.25, -0.2) is 0 Å². The van der Waals surface area contributed by atoms with Gasteiger partial charge in [-0.05, 0) is 429 Å². The molecule has 7 N–H and O–H groups in total. The standard InChI is InChI=1S/C32H43N3O3.C28H42N4O3.C28H44N4O3.C27H42N4O3/c1-30(38)15-16-31(2)22(18-30)9-10-23-24-11-12-26(32(24,3)14-13-25(23)31)29(37)20-35-33-19-27(34-35)28(36)17-21-7-5-4-6-8-21;1-26(35)12-13-27(2)17(14-26)4-7-19-20-8-9-22(28(20,3)11-10-21(19)27)24(33)16-32-29-15-23(31-32)25(34)30-18-5-6-18;1-5-14-29-25(34)23-16-30-32(31-23)17-24(33)22-9-8-20-19-7-6-18-15-26(2,35)12-13-27(18,3)21(19)10-11-28(20,22)4;1-5-28-24(33)22-15-29-31(30-22)16-23(32)21-9-8-19-18-7-6-17-14-25(2,34)12-13-26(17,3)20(18)10-11-27(19,21)4/h4-8,19,22-26,38H,9-18,20H2,1-3H3;15,17-22,35H,4-14,16H2,1-3H3,(H,30,34);16,18-22,35H,5-15,17H2,1-4H3,(H,29,34);15,17-21,34H,5-14,16H2,1-4H3,(H,28,33)/t22-,23+,24+,25+,26-,30-,31+,32+;17-,19+,20+,21+,22-,26-,27+,28+;18-,19+,20+,21+,22-,26-,27+,28+;17-,18+,19+,20+,21-,25-,26+,27+/m1111/s1. The molecule has 1 aromatic carbocycles. The molecule has 32 atom stereocenters. The lowest BCUT2D eigenvalue weighted by atomic mass is 9.44. The van der Waals surface area contributed by atoms with Crippen LogP contribution in [0.15, 0.2) is 55.1 Å². The van der Waals surface area contributed by atoms with Crippen LogP contribution in [0.5, 0.6) is 0 Å². The first-order valence-corrected chi connectivity index (χ1v) is 56.4. The molecule has 0 aliphatic heterocycles. The number of hydrogen-bond donors (Lipinski definition) is 7. The van der Waals surface area contributed by atoms with Crippen molar-refractivity contribution in [3.8, 4) is 0 Å². The van der Waals surface area contributed by atoms with Gasteiger partial charge in [-0.1, -0.05) is 92.6 Å². The fraction of sp³-hybridized carbons (Fsp3) is 0.809. The Bertz CT molecular complexity index is 5460. The van der Waals surface area contributed by atoms with Crippen LogP contribution in [-0.4, -0.2) is 169 Å². The van der Waals surface area contributed by atoms with Crippen molar-refractivity contribution in [2.45, 2.75) is 408 Å². The molecule has 4 heterocycles. The first-order valence-electron chi connectivity index (χ1n) is 56.4. The van der Waals surface area contributed by atoms with Gasteiger partial charge in [-0.15, -0.1) is 20.4 Å². The molecule has 27 heteroatoms. The molecule has 4 aromatic heterocycles. The molecule has 0 spiro atoms. The lowest BCUT2D eigenvalue weighted by Gasteiger charge is -2.61. The van der Waals surface area contributed by atoms with E-state index in [9.17, 15) is 58.8 Å². The van der Waals surface area contributed by atoms with Gasteiger partial charge in [0.2, 0.25) is 0 Å². The summed E-state index contributed by atoms with van der Waals surface area (Å²) in [6.45, 7) is 33.3. The largest absolute Gasteiger partial charge is 0.390 e. The first kappa shape index (κ1) is 103. The third-order valence-corrected chi connectivity index (χ3v) is 44.7. The van der Waals surface area contributed by atoms with Gasteiger partial charge in [0.15, 0.2) is 46.0 Å². The van der Waals surface area contributed by atoms with Crippen LogP contribution < -0.4 is 16.0 Å². The number of carbonyl (C=O) groups excluding carboxylic acids is 8. The highest BCUT2D eigenvalue weighted by Gasteiger charge is 2.68. The van der Waals surface area contributed by atoms with Crippen LogP contribution in [0.3, 0.4) is 0 Å². The fourth-order valence-corrected chi connectivity index (χ4v) is 36.7. The topological polar surface area (TPSA) is 376 Å². The molecule has 0 radical (unpaired) electrons. The summed E-state index contributed by atoms with van der Waals surface area (Å²) >= 11 is 0. The molecule has 0 bridgehead atoms. The number of ketones is 5. The van der Waals surface area contributed by atoms with Crippen molar-refractivity contribution >= 4 is 46.6 Å². The summed E-state index contributed by atoms with van der Waals surface area (Å²) in [5, 5.41) is 85.6. The second-order valence-electron chi connectivity index (χ2n) is 53.0. The van der Waals surface area contributed by atoms with Gasteiger partial charge in [0.1, 0.15) is 31.9 Å². The van der Waals surface area contributed by atoms with Gasteiger partial charge in [-0.2, -0.15) is 39.6 Å². The molecule has 778 valence electrons. The highest BCUT2D eigenvalue weighted by Crippen LogP contribution is 2.74. The number of aliphatic hydroxyl groups is 4. The molecule has 17 saturated carbocycles. The summed E-state index contributed by atoms with van der Waals surface area (Å²) in [6.07, 6.45) is 48.7. The van der Waals surface area contributed by atoms with E-state index in [4.69, 9.17) is 0 Å². The van der Waals surface area contributed by atoms with E-state index in [2.05, 4.69) is 112 Å². The quantitative estimate of drug-likeness (QED) is 0.0316. The summed E-state index contributed by atoms with van der Waals surface area (Å²) in [5.41, 5.74) is 1.67. The van der Waals surface area contributed by atoms with Gasteiger partial charge >= 0.3 is 0 Å². The Morgan fingerprint density at radius 2 is 0.599 bits per heavy atom. The maximum absolute atomic E-state index is 13.7. The molecule has 17 aliphatic carbocycles. The number of fused-ring (bicyclic) bond motifs is 20. The number of nitrogens with one attached hydrogen (secondary N) is 3. The molecular weight excluding hydrogens is 1780 g/mol. The van der Waals surface area contributed by atoms with Crippen molar-refractivity contribution in [3.05, 3.63) is 83.5 Å². The second-order valence-corrected chi connectivity index (χ2v) is 53.0. The lowest BCUT2D eigenvalue weighted by molar-refractivity contribution is -0.151. The Morgan fingerprint density at radius 1 is 0.317 bits per heavy atom. The van der Waals surface area contributed by atoms with Crippen molar-refractivity contribution in [2.75, 3.05) is 13.1 Å². The normalized spacial score (nSPS) is 42.7. The zero-order valence-corrected chi connectivity index (χ0v) is 88.3. The van der Waals surface area contributed by atoms with Gasteiger partial charge in [0.05, 0.1) is 47.2 Å². The number of Topliss-reactive ketones (excluding diaryl/α,β-unsaturated/α-hetero) is 5. The average Bonchev–Trinajstić information content (AvgIpc) is 1.44. The van der Waals surface area contributed by atoms with Crippen molar-refractivity contribution < 1.29 is 58.8 Å². The summed E-state index contributed by atoms with van der Waals surface area (Å²) in [6, 6.07) is 9.92. The Kier molecular flexibility index (Phi) is 28.4. The van der Waals surface area contributed by atoms with Crippen molar-refractivity contribution in [1.82, 2.24) is 75.9 Å². The van der Waals surface area contributed by atoms with E-state index in [0.29, 0.717) is 117 Å². The number of rotatable bonds is 22. The molecule has 27 nitrogen and oxygen atoms in total. The van der Waals surface area contributed by atoms with E-state index in [0.717, 1.165) is 203 Å². The van der Waals surface area contributed by atoms with Crippen LogP contribution in [0.2, 0.25) is 0 Å². The summed E-state index contributed by atoms with van der Waals surface area (Å²) in [5.74, 6) is 11.0. The molecule has 17 fully saturated rings. The maximum Gasteiger partial charge on any atom is 0.273 e. The average molecular weight is 1960 g/mol. The van der Waals surface area contributed by atoms with E-state index in [-0.39, 0.29) is 142 Å². The van der Waals surface area contributed by atoms with Crippen molar-refractivity contribution in [3.63, 3.8) is 0 Å². The Hall–Kier alpha value is -7.62. The number of amides is 3. The maximum atomic E-state index is 13.7. The number of benzene rings is 1. The van der Waals surface area contributed by atoms with Crippen LogP contribution in [0, 0.1) is 162 Å². The second kappa shape index (κ2) is 39.1. The number of carbonyl (C=O) groups is 8. The van der Waals surface area contributed by atoms with Gasteiger partial charge in [0, 0.05) is 49.2 Å². The van der Waals surface area contributed by atoms with E-state index < -0.39 is 22.4 Å². The minimum absolute atomic E-state index is 0.0422. The van der Waals surface area contributed by atoms with Gasteiger partial charge in [0.25, 0.3) is 17.7 Å². The lowest BCUT2D eigenvalue weighted by Crippen LogP contribution is -2.55. The molecule has 0 saturated heterocycles. The minimum atomic E-state index is -0.502. The molecule has 5 aromatic rings. The molecule has 17 aliphatic rings. The van der Waals surface area contributed by atoms with Crippen LogP contribution in [0.4, 0.5) is 0 Å². The minimum Gasteiger partial charge on any atom is -0.390 e. The highest BCUT2D eigenvalue weighted by molar-refractivity contribution is 5.96. The zero-order chi connectivity index (χ0) is 101. The number of nitrogens with zero attached hydrogens (tertiary/aromatic N) is 12. The van der Waals surface area contributed by atoms with Crippen molar-refractivity contribution in [2.24, 2.45) is 162 Å². The third-order valence-electron chi connectivity index (χ3n) is 44.7. The van der Waals surface area contributed by atoms with E-state index >= 15 is 0 Å². The van der Waals surface area contributed by atoms with Crippen LogP contribution in [0.1, 0.15) is 395 Å². The Morgan fingerprint density at radius 3 is 0.894 bits per heavy atom. The Balaban J connectivity index is 0.000000120.